The minimum atomic E-state index is -0.686. The number of hydrogen-bond acceptors (Lipinski definition) is 4. The van der Waals surface area contributed by atoms with Crippen LogP contribution in [-0.4, -0.2) is 14.1 Å². The SMILES string of the molecule is Cn1c(=O)nc2n(C)c3ccc(Br)cc3[n+]([O-])c-2c1=O. The van der Waals surface area contributed by atoms with Gasteiger partial charge in [0.15, 0.2) is 0 Å². The third-order valence-electron chi connectivity index (χ3n) is 3.25. The average Bonchev–Trinajstić information content (AvgIpc) is 2.41. The van der Waals surface area contributed by atoms with Crippen LogP contribution in [0.25, 0.3) is 22.6 Å². The van der Waals surface area contributed by atoms with Crippen molar-refractivity contribution in [2.24, 2.45) is 14.1 Å². The summed E-state index contributed by atoms with van der Waals surface area (Å²) in [6.07, 6.45) is 0. The predicted molar refractivity (Wildman–Crippen MR) is 75.5 cm³/mol. The summed E-state index contributed by atoms with van der Waals surface area (Å²) in [7, 11) is 2.95. The second kappa shape index (κ2) is 4.14. The van der Waals surface area contributed by atoms with Crippen LogP contribution >= 0.6 is 15.9 Å². The first-order chi connectivity index (χ1) is 9.41. The second-order valence-electron chi connectivity index (χ2n) is 4.42. The van der Waals surface area contributed by atoms with Crippen LogP contribution in [0.3, 0.4) is 0 Å². The van der Waals surface area contributed by atoms with Crippen LogP contribution in [0.5, 0.6) is 0 Å². The van der Waals surface area contributed by atoms with Crippen molar-refractivity contribution in [1.29, 1.82) is 0 Å². The van der Waals surface area contributed by atoms with E-state index >= 15 is 0 Å². The minimum Gasteiger partial charge on any atom is -0.618 e. The summed E-state index contributed by atoms with van der Waals surface area (Å²) in [5.74, 6) is 0.0722. The summed E-state index contributed by atoms with van der Waals surface area (Å²) in [6.45, 7) is 0. The molecule has 0 N–H and O–H groups in total. The first-order valence-electron chi connectivity index (χ1n) is 5.70. The average molecular weight is 337 g/mol. The third-order valence-corrected chi connectivity index (χ3v) is 3.74. The standard InChI is InChI=1S/C12H9BrN4O3/c1-15-7-4-3-6(13)5-8(7)17(20)9-10(15)14-12(19)16(2)11(9)18/h3-5H,1-2H3. The van der Waals surface area contributed by atoms with Gasteiger partial charge >= 0.3 is 16.9 Å². The van der Waals surface area contributed by atoms with Crippen LogP contribution in [0, 0.1) is 5.21 Å². The van der Waals surface area contributed by atoms with Gasteiger partial charge in [-0.1, -0.05) is 15.9 Å². The van der Waals surface area contributed by atoms with Gasteiger partial charge in [-0.15, -0.1) is 0 Å². The highest BCUT2D eigenvalue weighted by molar-refractivity contribution is 9.10. The van der Waals surface area contributed by atoms with Gasteiger partial charge in [-0.2, -0.15) is 9.71 Å². The van der Waals surface area contributed by atoms with E-state index in [4.69, 9.17) is 0 Å². The van der Waals surface area contributed by atoms with Gasteiger partial charge < -0.3 is 9.77 Å². The summed E-state index contributed by atoms with van der Waals surface area (Å²) >= 11 is 3.29. The number of hydrogen-bond donors (Lipinski definition) is 0. The van der Waals surface area contributed by atoms with Crippen LogP contribution in [0.4, 0.5) is 0 Å². The van der Waals surface area contributed by atoms with Crippen molar-refractivity contribution >= 4 is 27.0 Å². The maximum Gasteiger partial charge on any atom is 0.352 e. The molecule has 20 heavy (non-hydrogen) atoms. The number of benzene rings is 1. The highest BCUT2D eigenvalue weighted by Gasteiger charge is 2.27. The maximum atomic E-state index is 12.4. The summed E-state index contributed by atoms with van der Waals surface area (Å²) in [5, 5.41) is 12.4. The zero-order valence-electron chi connectivity index (χ0n) is 10.6. The molecule has 1 aromatic rings. The molecule has 0 amide bonds. The van der Waals surface area contributed by atoms with E-state index in [1.807, 2.05) is 0 Å². The molecule has 102 valence electrons. The summed E-state index contributed by atoms with van der Waals surface area (Å²) in [4.78, 5) is 27.6. The van der Waals surface area contributed by atoms with Gasteiger partial charge in [-0.05, 0) is 12.1 Å². The van der Waals surface area contributed by atoms with Gasteiger partial charge in [0.1, 0.15) is 5.52 Å². The van der Waals surface area contributed by atoms with E-state index in [9.17, 15) is 14.8 Å². The Hall–Kier alpha value is -2.22. The number of nitrogens with zero attached hydrogens (tertiary/aromatic N) is 4. The largest absolute Gasteiger partial charge is 0.618 e. The molecule has 7 nitrogen and oxygen atoms in total. The Morgan fingerprint density at radius 1 is 1.25 bits per heavy atom. The second-order valence-corrected chi connectivity index (χ2v) is 5.33. The van der Waals surface area contributed by atoms with E-state index in [0.717, 1.165) is 9.04 Å². The monoisotopic (exact) mass is 336 g/mol. The Morgan fingerprint density at radius 2 is 1.95 bits per heavy atom. The van der Waals surface area contributed by atoms with Crippen molar-refractivity contribution in [3.63, 3.8) is 0 Å². The molecule has 0 bridgehead atoms. The molecule has 0 saturated carbocycles. The molecule has 2 aliphatic heterocycles. The lowest BCUT2D eigenvalue weighted by Crippen LogP contribution is -2.45. The molecule has 1 aromatic carbocycles. The third kappa shape index (κ3) is 1.58. The van der Waals surface area contributed by atoms with E-state index < -0.39 is 11.2 Å². The zero-order chi connectivity index (χ0) is 14.6. The van der Waals surface area contributed by atoms with E-state index in [-0.39, 0.29) is 11.5 Å². The fraction of sp³-hybridized carbons (Fsp3) is 0.167. The van der Waals surface area contributed by atoms with Gasteiger partial charge in [-0.3, -0.25) is 9.36 Å². The fourth-order valence-corrected chi connectivity index (χ4v) is 2.50. The summed E-state index contributed by atoms with van der Waals surface area (Å²) in [5.41, 5.74) is -0.593. The van der Waals surface area contributed by atoms with Crippen molar-refractivity contribution in [2.45, 2.75) is 0 Å². The molecule has 0 spiro atoms. The molecule has 0 fully saturated rings. The van der Waals surface area contributed by atoms with Crippen LogP contribution in [-0.2, 0) is 14.1 Å². The lowest BCUT2D eigenvalue weighted by Gasteiger charge is -2.14. The Balaban J connectivity index is 2.70. The molecule has 2 heterocycles. The predicted octanol–water partition coefficient (Wildman–Crippen LogP) is 0.133. The number of rotatable bonds is 0. The van der Waals surface area contributed by atoms with Crippen LogP contribution < -0.4 is 16.0 Å². The molecule has 0 aromatic heterocycles. The van der Waals surface area contributed by atoms with Crippen LogP contribution in [0.2, 0.25) is 0 Å². The Labute approximate surface area is 120 Å². The van der Waals surface area contributed by atoms with Crippen molar-refractivity contribution in [3.8, 4) is 11.5 Å². The smallest absolute Gasteiger partial charge is 0.352 e. The maximum absolute atomic E-state index is 12.4. The van der Waals surface area contributed by atoms with E-state index in [2.05, 4.69) is 20.9 Å². The molecule has 3 rings (SSSR count). The molecule has 2 aliphatic rings. The molecule has 0 aliphatic carbocycles. The van der Waals surface area contributed by atoms with E-state index in [1.165, 1.54) is 7.05 Å². The van der Waals surface area contributed by atoms with E-state index in [1.54, 1.807) is 29.8 Å². The Bertz CT molecular complexity index is 944. The Kier molecular flexibility index (Phi) is 2.65. The normalized spacial score (nSPS) is 11.3. The van der Waals surface area contributed by atoms with Gasteiger partial charge in [-0.25, -0.2) is 4.79 Å². The number of aromatic nitrogens is 4. The summed E-state index contributed by atoms with van der Waals surface area (Å²) in [6, 6.07) is 5.11. The van der Waals surface area contributed by atoms with Crippen LogP contribution in [0.15, 0.2) is 32.3 Å². The number of aryl methyl sites for hydroxylation is 1. The molecule has 0 radical (unpaired) electrons. The first kappa shape index (κ1) is 12.8. The van der Waals surface area contributed by atoms with Gasteiger partial charge in [0.2, 0.25) is 11.3 Å². The highest BCUT2D eigenvalue weighted by Crippen LogP contribution is 2.20. The van der Waals surface area contributed by atoms with Gasteiger partial charge in [0.25, 0.3) is 0 Å². The lowest BCUT2D eigenvalue weighted by atomic mass is 10.2. The zero-order valence-corrected chi connectivity index (χ0v) is 12.2. The minimum absolute atomic E-state index is 0.0722. The highest BCUT2D eigenvalue weighted by atomic mass is 79.9. The molecule has 0 unspecified atom stereocenters. The fourth-order valence-electron chi connectivity index (χ4n) is 2.15. The van der Waals surface area contributed by atoms with Crippen molar-refractivity contribution in [3.05, 3.63) is 48.7 Å². The molecule has 0 saturated heterocycles. The van der Waals surface area contributed by atoms with Crippen molar-refractivity contribution in [1.82, 2.24) is 14.1 Å². The molecule has 0 atom stereocenters. The quantitative estimate of drug-likeness (QED) is 0.332. The van der Waals surface area contributed by atoms with Gasteiger partial charge in [0, 0.05) is 24.6 Å². The number of fused-ring (bicyclic) bond motifs is 2. The van der Waals surface area contributed by atoms with Gasteiger partial charge in [0.05, 0.1) is 0 Å². The van der Waals surface area contributed by atoms with Crippen LogP contribution in [0.1, 0.15) is 0 Å². The van der Waals surface area contributed by atoms with Crippen molar-refractivity contribution in [2.75, 3.05) is 0 Å². The molecule has 8 heteroatoms. The molecular weight excluding hydrogens is 328 g/mol. The topological polar surface area (TPSA) is 83.8 Å². The number of halogens is 1. The summed E-state index contributed by atoms with van der Waals surface area (Å²) < 4.78 is 3.62. The van der Waals surface area contributed by atoms with E-state index in [0.29, 0.717) is 15.8 Å². The Morgan fingerprint density at radius 3 is 2.65 bits per heavy atom. The molecular formula is C12H9BrN4O3. The lowest BCUT2D eigenvalue weighted by molar-refractivity contribution is -0.567. The first-order valence-corrected chi connectivity index (χ1v) is 6.49. The van der Waals surface area contributed by atoms with Crippen molar-refractivity contribution < 1.29 is 4.73 Å².